The summed E-state index contributed by atoms with van der Waals surface area (Å²) < 4.78 is 44.6. The highest BCUT2D eigenvalue weighted by molar-refractivity contribution is 7.98. The maximum absolute atomic E-state index is 12.9. The van der Waals surface area contributed by atoms with Gasteiger partial charge in [-0.15, -0.1) is 11.8 Å². The molecular weight excluding hydrogens is 369 g/mol. The summed E-state index contributed by atoms with van der Waals surface area (Å²) in [4.78, 5) is 1.12. The molecule has 3 aromatic carbocycles. The summed E-state index contributed by atoms with van der Waals surface area (Å²) in [7, 11) is 0. The van der Waals surface area contributed by atoms with Crippen molar-refractivity contribution in [1.82, 2.24) is 0 Å². The normalized spacial score (nSPS) is 16.0. The van der Waals surface area contributed by atoms with E-state index in [4.69, 9.17) is 4.74 Å². The van der Waals surface area contributed by atoms with Gasteiger partial charge in [0, 0.05) is 17.1 Å². The zero-order valence-electron chi connectivity index (χ0n) is 14.4. The molecule has 0 radical (unpaired) electrons. The first kappa shape index (κ1) is 18.0. The molecule has 0 N–H and O–H groups in total. The number of alkyl halides is 3. The van der Waals surface area contributed by atoms with Crippen LogP contribution in [0.2, 0.25) is 0 Å². The second-order valence-electron chi connectivity index (χ2n) is 6.48. The van der Waals surface area contributed by atoms with Crippen molar-refractivity contribution < 1.29 is 17.9 Å². The van der Waals surface area contributed by atoms with Crippen molar-refractivity contribution in [3.8, 4) is 5.75 Å². The highest BCUT2D eigenvalue weighted by Crippen LogP contribution is 2.40. The molecule has 0 aromatic heterocycles. The fourth-order valence-corrected chi connectivity index (χ4v) is 4.08. The average molecular weight is 386 g/mol. The Morgan fingerprint density at radius 2 is 1.74 bits per heavy atom. The highest BCUT2D eigenvalue weighted by Gasteiger charge is 2.33. The van der Waals surface area contributed by atoms with Gasteiger partial charge in [-0.3, -0.25) is 0 Å². The molecule has 1 heterocycles. The Labute approximate surface area is 160 Å². The van der Waals surface area contributed by atoms with E-state index in [-0.39, 0.29) is 6.10 Å². The molecule has 27 heavy (non-hydrogen) atoms. The largest absolute Gasteiger partial charge is 0.485 e. The Morgan fingerprint density at radius 3 is 2.52 bits per heavy atom. The van der Waals surface area contributed by atoms with E-state index in [0.717, 1.165) is 22.3 Å². The summed E-state index contributed by atoms with van der Waals surface area (Å²) in [6.07, 6.45) is -4.13. The van der Waals surface area contributed by atoms with E-state index in [0.29, 0.717) is 17.7 Å². The van der Waals surface area contributed by atoms with Crippen molar-refractivity contribution in [2.45, 2.75) is 29.3 Å². The lowest BCUT2D eigenvalue weighted by Gasteiger charge is -2.12. The van der Waals surface area contributed by atoms with Crippen molar-refractivity contribution in [3.63, 3.8) is 0 Å². The van der Waals surface area contributed by atoms with Gasteiger partial charge in [-0.05, 0) is 47.0 Å². The summed E-state index contributed by atoms with van der Waals surface area (Å²) in [6, 6.07) is 21.9. The first-order valence-electron chi connectivity index (χ1n) is 8.62. The Kier molecular flexibility index (Phi) is 4.87. The monoisotopic (exact) mass is 386 g/mol. The lowest BCUT2D eigenvalue weighted by atomic mass is 10.0. The van der Waals surface area contributed by atoms with Crippen LogP contribution in [0.4, 0.5) is 13.2 Å². The molecule has 1 aliphatic rings. The molecule has 0 aliphatic carbocycles. The number of fused-ring (bicyclic) bond motifs is 1. The van der Waals surface area contributed by atoms with Gasteiger partial charge >= 0.3 is 6.18 Å². The zero-order valence-corrected chi connectivity index (χ0v) is 15.2. The predicted molar refractivity (Wildman–Crippen MR) is 101 cm³/mol. The van der Waals surface area contributed by atoms with Gasteiger partial charge in [-0.2, -0.15) is 13.2 Å². The van der Waals surface area contributed by atoms with Gasteiger partial charge in [0.2, 0.25) is 0 Å². The van der Waals surface area contributed by atoms with Crippen molar-refractivity contribution >= 4 is 11.8 Å². The van der Waals surface area contributed by atoms with Gasteiger partial charge in [0.15, 0.2) is 0 Å². The molecule has 0 amide bonds. The van der Waals surface area contributed by atoms with Gasteiger partial charge in [0.25, 0.3) is 0 Å². The number of halogens is 3. The fourth-order valence-electron chi connectivity index (χ4n) is 3.16. The molecule has 4 rings (SSSR count). The number of hydrogen-bond donors (Lipinski definition) is 0. The molecule has 5 heteroatoms. The Hall–Kier alpha value is -2.40. The van der Waals surface area contributed by atoms with Crippen molar-refractivity contribution in [2.24, 2.45) is 0 Å². The number of thioether (sulfide) groups is 1. The van der Waals surface area contributed by atoms with E-state index >= 15 is 0 Å². The van der Waals surface area contributed by atoms with Crippen LogP contribution >= 0.6 is 11.8 Å². The minimum absolute atomic E-state index is 0.249. The van der Waals surface area contributed by atoms with E-state index in [2.05, 4.69) is 18.2 Å². The van der Waals surface area contributed by atoms with Crippen LogP contribution < -0.4 is 4.74 Å². The summed E-state index contributed by atoms with van der Waals surface area (Å²) in [5.41, 5.74) is 2.21. The van der Waals surface area contributed by atoms with Crippen LogP contribution in [0.3, 0.4) is 0 Å². The first-order valence-corrected chi connectivity index (χ1v) is 9.61. The molecule has 3 aromatic rings. The van der Waals surface area contributed by atoms with Crippen LogP contribution in [0.25, 0.3) is 0 Å². The molecule has 0 spiro atoms. The van der Waals surface area contributed by atoms with E-state index in [1.165, 1.54) is 17.7 Å². The van der Waals surface area contributed by atoms with Crippen LogP contribution in [0.5, 0.6) is 5.75 Å². The smallest absolute Gasteiger partial charge is 0.416 e. The number of hydrogen-bond acceptors (Lipinski definition) is 2. The molecule has 1 nitrogen and oxygen atoms in total. The molecule has 1 atom stereocenters. The molecule has 138 valence electrons. The van der Waals surface area contributed by atoms with Gasteiger partial charge in [0.05, 0.1) is 5.56 Å². The Bertz CT molecular complexity index is 938. The third-order valence-electron chi connectivity index (χ3n) is 4.54. The second kappa shape index (κ2) is 7.31. The predicted octanol–water partition coefficient (Wildman–Crippen LogP) is 6.67. The third kappa shape index (κ3) is 4.14. The molecule has 0 bridgehead atoms. The van der Waals surface area contributed by atoms with E-state index < -0.39 is 11.7 Å². The number of benzene rings is 3. The molecule has 0 saturated carbocycles. The SMILES string of the molecule is FC(F)(F)c1ccc2c(c1)CC(c1cccc(SCc3ccccc3)c1)O2. The van der Waals surface area contributed by atoms with Crippen LogP contribution in [-0.2, 0) is 18.3 Å². The van der Waals surface area contributed by atoms with Crippen molar-refractivity contribution in [2.75, 3.05) is 0 Å². The van der Waals surface area contributed by atoms with E-state index in [9.17, 15) is 13.2 Å². The summed E-state index contributed by atoms with van der Waals surface area (Å²) >= 11 is 1.73. The first-order chi connectivity index (χ1) is 13.0. The standard InChI is InChI=1S/C22H17F3OS/c23-22(24,25)18-9-10-20-17(11-18)13-21(26-20)16-7-4-8-19(12-16)27-14-15-5-2-1-3-6-15/h1-12,21H,13-14H2. The maximum atomic E-state index is 12.9. The molecule has 0 fully saturated rings. The molecule has 1 aliphatic heterocycles. The van der Waals surface area contributed by atoms with Crippen LogP contribution in [-0.4, -0.2) is 0 Å². The van der Waals surface area contributed by atoms with Crippen LogP contribution in [0, 0.1) is 0 Å². The Morgan fingerprint density at radius 1 is 0.926 bits per heavy atom. The molecule has 1 unspecified atom stereocenters. The summed E-state index contributed by atoms with van der Waals surface area (Å²) in [5.74, 6) is 1.40. The van der Waals surface area contributed by atoms with Gasteiger partial charge in [0.1, 0.15) is 11.9 Å². The second-order valence-corrected chi connectivity index (χ2v) is 7.53. The van der Waals surface area contributed by atoms with Gasteiger partial charge < -0.3 is 4.74 Å². The van der Waals surface area contributed by atoms with Crippen LogP contribution in [0.1, 0.15) is 28.4 Å². The Balaban J connectivity index is 1.48. The minimum atomic E-state index is -4.33. The fraction of sp³-hybridized carbons (Fsp3) is 0.182. The maximum Gasteiger partial charge on any atom is 0.416 e. The average Bonchev–Trinajstić information content (AvgIpc) is 3.10. The zero-order chi connectivity index (χ0) is 18.9. The number of ether oxygens (including phenoxy) is 1. The van der Waals surface area contributed by atoms with Crippen LogP contribution in [0.15, 0.2) is 77.7 Å². The molecule has 0 saturated heterocycles. The van der Waals surface area contributed by atoms with Gasteiger partial charge in [-0.1, -0.05) is 42.5 Å². The van der Waals surface area contributed by atoms with E-state index in [1.807, 2.05) is 36.4 Å². The lowest BCUT2D eigenvalue weighted by Crippen LogP contribution is -2.04. The quantitative estimate of drug-likeness (QED) is 0.463. The highest BCUT2D eigenvalue weighted by atomic mass is 32.2. The van der Waals surface area contributed by atoms with E-state index in [1.54, 1.807) is 11.8 Å². The molecular formula is C22H17F3OS. The lowest BCUT2D eigenvalue weighted by molar-refractivity contribution is -0.137. The minimum Gasteiger partial charge on any atom is -0.485 e. The third-order valence-corrected chi connectivity index (χ3v) is 5.61. The van der Waals surface area contributed by atoms with Crippen molar-refractivity contribution in [1.29, 1.82) is 0 Å². The summed E-state index contributed by atoms with van der Waals surface area (Å²) in [5, 5.41) is 0. The number of rotatable bonds is 4. The van der Waals surface area contributed by atoms with Crippen molar-refractivity contribution in [3.05, 3.63) is 95.1 Å². The van der Waals surface area contributed by atoms with Gasteiger partial charge in [-0.25, -0.2) is 0 Å². The topological polar surface area (TPSA) is 9.23 Å². The summed E-state index contributed by atoms with van der Waals surface area (Å²) in [6.45, 7) is 0.